The molecule has 7 nitrogen and oxygen atoms in total. The number of carbonyl (C=O) groups is 1. The van der Waals surface area contributed by atoms with Crippen molar-refractivity contribution in [1.29, 1.82) is 0 Å². The van der Waals surface area contributed by atoms with Crippen molar-refractivity contribution in [3.05, 3.63) is 21.0 Å². The van der Waals surface area contributed by atoms with Gasteiger partial charge in [0.2, 0.25) is 5.91 Å². The SMILES string of the molecule is CNC(=O)C(C)Nc1cnn(CCOC)c(=O)c1Br. The number of hydrogen-bond donors (Lipinski definition) is 2. The van der Waals surface area contributed by atoms with E-state index in [2.05, 4.69) is 31.7 Å². The summed E-state index contributed by atoms with van der Waals surface area (Å²) in [7, 11) is 3.11. The largest absolute Gasteiger partial charge is 0.383 e. The minimum atomic E-state index is -0.461. The molecule has 0 aliphatic rings. The molecule has 0 spiro atoms. The summed E-state index contributed by atoms with van der Waals surface area (Å²) >= 11 is 3.21. The Labute approximate surface area is 119 Å². The topological polar surface area (TPSA) is 85.2 Å². The molecule has 2 N–H and O–H groups in total. The highest BCUT2D eigenvalue weighted by Gasteiger charge is 2.14. The number of aromatic nitrogens is 2. The van der Waals surface area contributed by atoms with Crippen LogP contribution in [0.2, 0.25) is 0 Å². The van der Waals surface area contributed by atoms with Crippen molar-refractivity contribution in [2.24, 2.45) is 0 Å². The van der Waals surface area contributed by atoms with Gasteiger partial charge in [0.05, 0.1) is 25.0 Å². The minimum Gasteiger partial charge on any atom is -0.383 e. The Morgan fingerprint density at radius 3 is 2.89 bits per heavy atom. The summed E-state index contributed by atoms with van der Waals surface area (Å²) in [6.45, 7) is 2.47. The Hall–Kier alpha value is -1.41. The lowest BCUT2D eigenvalue weighted by Crippen LogP contribution is -2.36. The highest BCUT2D eigenvalue weighted by Crippen LogP contribution is 2.17. The van der Waals surface area contributed by atoms with E-state index < -0.39 is 6.04 Å². The maximum absolute atomic E-state index is 12.0. The molecule has 1 amide bonds. The molecule has 0 saturated heterocycles. The van der Waals surface area contributed by atoms with Gasteiger partial charge in [-0.3, -0.25) is 9.59 Å². The molecule has 0 bridgehead atoms. The molecule has 19 heavy (non-hydrogen) atoms. The zero-order valence-electron chi connectivity index (χ0n) is 11.1. The number of hydrogen-bond acceptors (Lipinski definition) is 5. The number of methoxy groups -OCH3 is 1. The molecule has 8 heteroatoms. The van der Waals surface area contributed by atoms with E-state index in [0.717, 1.165) is 0 Å². The van der Waals surface area contributed by atoms with Crippen LogP contribution in [-0.2, 0) is 16.1 Å². The first-order valence-electron chi connectivity index (χ1n) is 5.74. The van der Waals surface area contributed by atoms with Crippen LogP contribution in [0.3, 0.4) is 0 Å². The number of nitrogens with one attached hydrogen (secondary N) is 2. The molecule has 1 aromatic rings. The number of anilines is 1. The van der Waals surface area contributed by atoms with Crippen LogP contribution >= 0.6 is 15.9 Å². The van der Waals surface area contributed by atoms with E-state index in [1.807, 2.05) is 0 Å². The summed E-state index contributed by atoms with van der Waals surface area (Å²) in [6, 6.07) is -0.461. The second-order valence-corrected chi connectivity index (χ2v) is 4.67. The van der Waals surface area contributed by atoms with Crippen LogP contribution in [-0.4, -0.2) is 42.5 Å². The molecule has 1 unspecified atom stereocenters. The smallest absolute Gasteiger partial charge is 0.283 e. The zero-order valence-corrected chi connectivity index (χ0v) is 12.7. The molecule has 1 rings (SSSR count). The van der Waals surface area contributed by atoms with Gasteiger partial charge in [-0.15, -0.1) is 0 Å². The Morgan fingerprint density at radius 2 is 2.32 bits per heavy atom. The fourth-order valence-corrected chi connectivity index (χ4v) is 1.84. The van der Waals surface area contributed by atoms with E-state index in [1.165, 1.54) is 10.9 Å². The molecule has 1 heterocycles. The second kappa shape index (κ2) is 7.25. The van der Waals surface area contributed by atoms with E-state index in [-0.39, 0.29) is 11.5 Å². The number of ether oxygens (including phenoxy) is 1. The molecule has 0 aromatic carbocycles. The Balaban J connectivity index is 2.90. The van der Waals surface area contributed by atoms with Crippen molar-refractivity contribution < 1.29 is 9.53 Å². The fourth-order valence-electron chi connectivity index (χ4n) is 1.42. The molecular formula is C11H17BrN4O3. The van der Waals surface area contributed by atoms with E-state index in [4.69, 9.17) is 4.74 Å². The minimum absolute atomic E-state index is 0.171. The van der Waals surface area contributed by atoms with Gasteiger partial charge in [0.25, 0.3) is 5.56 Å². The van der Waals surface area contributed by atoms with E-state index in [0.29, 0.717) is 23.3 Å². The van der Waals surface area contributed by atoms with Crippen molar-refractivity contribution in [2.45, 2.75) is 19.5 Å². The van der Waals surface area contributed by atoms with Crippen LogP contribution in [0.25, 0.3) is 0 Å². The van der Waals surface area contributed by atoms with Gasteiger partial charge in [0.1, 0.15) is 10.5 Å². The van der Waals surface area contributed by atoms with Crippen LogP contribution in [0.5, 0.6) is 0 Å². The maximum atomic E-state index is 12.0. The number of halogens is 1. The average Bonchev–Trinajstić information content (AvgIpc) is 2.42. The maximum Gasteiger partial charge on any atom is 0.283 e. The van der Waals surface area contributed by atoms with Gasteiger partial charge in [-0.05, 0) is 22.9 Å². The Bertz CT molecular complexity index is 503. The number of nitrogens with zero attached hydrogens (tertiary/aromatic N) is 2. The molecule has 0 radical (unpaired) electrons. The van der Waals surface area contributed by atoms with E-state index >= 15 is 0 Å². The quantitative estimate of drug-likeness (QED) is 0.777. The van der Waals surface area contributed by atoms with Crippen LogP contribution in [0.15, 0.2) is 15.5 Å². The molecule has 106 valence electrons. The lowest BCUT2D eigenvalue weighted by atomic mass is 10.3. The molecule has 0 saturated carbocycles. The molecule has 1 atom stereocenters. The van der Waals surface area contributed by atoms with Crippen molar-refractivity contribution >= 4 is 27.5 Å². The normalized spacial score (nSPS) is 12.0. The monoisotopic (exact) mass is 332 g/mol. The van der Waals surface area contributed by atoms with Gasteiger partial charge >= 0.3 is 0 Å². The van der Waals surface area contributed by atoms with Gasteiger partial charge in [-0.2, -0.15) is 5.10 Å². The first kappa shape index (κ1) is 15.6. The summed E-state index contributed by atoms with van der Waals surface area (Å²) in [5.74, 6) is -0.171. The number of carbonyl (C=O) groups excluding carboxylic acids is 1. The highest BCUT2D eigenvalue weighted by atomic mass is 79.9. The molecule has 0 fully saturated rings. The van der Waals surface area contributed by atoms with Crippen LogP contribution in [0.4, 0.5) is 5.69 Å². The Morgan fingerprint density at radius 1 is 1.63 bits per heavy atom. The number of amides is 1. The highest BCUT2D eigenvalue weighted by molar-refractivity contribution is 9.10. The third kappa shape index (κ3) is 4.03. The van der Waals surface area contributed by atoms with Crippen molar-refractivity contribution in [1.82, 2.24) is 15.1 Å². The predicted octanol–water partition coefficient (Wildman–Crippen LogP) is 0.199. The van der Waals surface area contributed by atoms with Gasteiger partial charge < -0.3 is 15.4 Å². The van der Waals surface area contributed by atoms with Gasteiger partial charge in [-0.1, -0.05) is 0 Å². The molecule has 0 aliphatic carbocycles. The van der Waals surface area contributed by atoms with Crippen molar-refractivity contribution in [3.8, 4) is 0 Å². The van der Waals surface area contributed by atoms with E-state index in [1.54, 1.807) is 21.1 Å². The van der Waals surface area contributed by atoms with Crippen LogP contribution in [0, 0.1) is 0 Å². The molecule has 1 aromatic heterocycles. The third-order valence-corrected chi connectivity index (χ3v) is 3.27. The predicted molar refractivity (Wildman–Crippen MR) is 75.2 cm³/mol. The number of likely N-dealkylation sites (N-methyl/N-ethyl adjacent to an activating group) is 1. The Kier molecular flexibility index (Phi) is 5.97. The van der Waals surface area contributed by atoms with Crippen LogP contribution < -0.4 is 16.2 Å². The lowest BCUT2D eigenvalue weighted by molar-refractivity contribution is -0.121. The van der Waals surface area contributed by atoms with Crippen molar-refractivity contribution in [3.63, 3.8) is 0 Å². The van der Waals surface area contributed by atoms with Gasteiger partial charge in [-0.25, -0.2) is 4.68 Å². The molecule has 0 aliphatic heterocycles. The average molecular weight is 333 g/mol. The summed E-state index contributed by atoms with van der Waals surface area (Å²) < 4.78 is 6.53. The van der Waals surface area contributed by atoms with E-state index in [9.17, 15) is 9.59 Å². The summed E-state index contributed by atoms with van der Waals surface area (Å²) in [5.41, 5.74) is 0.209. The lowest BCUT2D eigenvalue weighted by Gasteiger charge is -2.15. The first-order chi connectivity index (χ1) is 9.01. The number of rotatable bonds is 6. The summed E-state index contributed by atoms with van der Waals surface area (Å²) in [6.07, 6.45) is 1.50. The van der Waals surface area contributed by atoms with Gasteiger partial charge in [0, 0.05) is 14.2 Å². The third-order valence-electron chi connectivity index (χ3n) is 2.50. The standard InChI is InChI=1S/C11H17BrN4O3/c1-7(10(17)13-2)15-8-6-14-16(4-5-19-3)11(18)9(8)12/h6-7,15H,4-5H2,1-3H3,(H,13,17). The summed E-state index contributed by atoms with van der Waals surface area (Å²) in [4.78, 5) is 23.4. The van der Waals surface area contributed by atoms with Crippen molar-refractivity contribution in [2.75, 3.05) is 26.1 Å². The zero-order chi connectivity index (χ0) is 14.4. The van der Waals surface area contributed by atoms with Crippen LogP contribution in [0.1, 0.15) is 6.92 Å². The fraction of sp³-hybridized carbons (Fsp3) is 0.545. The second-order valence-electron chi connectivity index (χ2n) is 3.87. The summed E-state index contributed by atoms with van der Waals surface area (Å²) in [5, 5.41) is 9.46. The first-order valence-corrected chi connectivity index (χ1v) is 6.53. The molecular weight excluding hydrogens is 316 g/mol. The van der Waals surface area contributed by atoms with Gasteiger partial charge in [0.15, 0.2) is 0 Å².